The van der Waals surface area contributed by atoms with Crippen molar-refractivity contribution in [3.8, 4) is 0 Å². The fourth-order valence-corrected chi connectivity index (χ4v) is 4.87. The molecule has 8 heteroatoms. The van der Waals surface area contributed by atoms with Crippen molar-refractivity contribution in [3.63, 3.8) is 0 Å². The zero-order chi connectivity index (χ0) is 27.2. The van der Waals surface area contributed by atoms with Crippen LogP contribution in [-0.4, -0.2) is 54.2 Å². The quantitative estimate of drug-likeness (QED) is 0.293. The summed E-state index contributed by atoms with van der Waals surface area (Å²) < 4.78 is 16.7. The molecule has 0 radical (unpaired) electrons. The number of rotatable bonds is 16. The molecule has 1 aliphatic carbocycles. The van der Waals surface area contributed by atoms with E-state index in [9.17, 15) is 19.2 Å². The van der Waals surface area contributed by atoms with Crippen LogP contribution in [0.25, 0.3) is 0 Å². The van der Waals surface area contributed by atoms with E-state index in [1.165, 1.54) is 25.5 Å². The van der Waals surface area contributed by atoms with E-state index in [1.54, 1.807) is 19.2 Å². The van der Waals surface area contributed by atoms with Crippen LogP contribution < -0.4 is 0 Å². The summed E-state index contributed by atoms with van der Waals surface area (Å²) in [5.74, 6) is -1.54. The summed E-state index contributed by atoms with van der Waals surface area (Å²) in [6.45, 7) is 3.39. The Morgan fingerprint density at radius 3 is 2.03 bits per heavy atom. The number of ketones is 1. The van der Waals surface area contributed by atoms with Crippen molar-refractivity contribution in [2.45, 2.75) is 109 Å². The van der Waals surface area contributed by atoms with Gasteiger partial charge in [0.1, 0.15) is 18.0 Å². The van der Waals surface area contributed by atoms with Gasteiger partial charge in [-0.1, -0.05) is 51.2 Å². The lowest BCUT2D eigenvalue weighted by Crippen LogP contribution is -2.30. The molecule has 0 aromatic heterocycles. The largest absolute Gasteiger partial charge is 0.478 e. The Labute approximate surface area is 220 Å². The first-order chi connectivity index (χ1) is 17.7. The van der Waals surface area contributed by atoms with Gasteiger partial charge in [0.2, 0.25) is 0 Å². The van der Waals surface area contributed by atoms with Crippen LogP contribution in [0.2, 0.25) is 0 Å². The molecule has 1 aromatic rings. The van der Waals surface area contributed by atoms with Gasteiger partial charge < -0.3 is 19.3 Å². The molecule has 37 heavy (non-hydrogen) atoms. The van der Waals surface area contributed by atoms with Gasteiger partial charge in [0.15, 0.2) is 0 Å². The predicted molar refractivity (Wildman–Crippen MR) is 138 cm³/mol. The Hall–Kier alpha value is -2.74. The molecule has 0 bridgehead atoms. The zero-order valence-electron chi connectivity index (χ0n) is 22.4. The van der Waals surface area contributed by atoms with E-state index in [0.29, 0.717) is 31.6 Å². The molecule has 0 aliphatic heterocycles. The predicted octanol–water partition coefficient (Wildman–Crippen LogP) is 5.30. The summed E-state index contributed by atoms with van der Waals surface area (Å²) in [7, 11) is 1.56. The Morgan fingerprint density at radius 2 is 1.49 bits per heavy atom. The van der Waals surface area contributed by atoms with Crippen LogP contribution in [0.5, 0.6) is 0 Å². The first kappa shape index (κ1) is 30.5. The van der Waals surface area contributed by atoms with Crippen molar-refractivity contribution in [1.82, 2.24) is 0 Å². The molecule has 3 unspecified atom stereocenters. The number of carboxylic acid groups (broad SMARTS) is 1. The molecule has 1 fully saturated rings. The maximum absolute atomic E-state index is 12.9. The third-order valence-electron chi connectivity index (χ3n) is 6.97. The fourth-order valence-electron chi connectivity index (χ4n) is 4.87. The molecule has 0 heterocycles. The number of benzene rings is 1. The van der Waals surface area contributed by atoms with Gasteiger partial charge in [-0.3, -0.25) is 14.4 Å². The molecule has 1 aliphatic rings. The number of methoxy groups -OCH3 is 1. The maximum Gasteiger partial charge on any atom is 0.335 e. The first-order valence-electron chi connectivity index (χ1n) is 13.4. The lowest BCUT2D eigenvalue weighted by atomic mass is 9.85. The van der Waals surface area contributed by atoms with E-state index in [4.69, 9.17) is 19.3 Å². The van der Waals surface area contributed by atoms with Gasteiger partial charge >= 0.3 is 17.9 Å². The van der Waals surface area contributed by atoms with Gasteiger partial charge in [-0.25, -0.2) is 4.79 Å². The van der Waals surface area contributed by atoms with E-state index < -0.39 is 24.1 Å². The second-order valence-electron chi connectivity index (χ2n) is 10.1. The summed E-state index contributed by atoms with van der Waals surface area (Å²) in [4.78, 5) is 48.4. The van der Waals surface area contributed by atoms with Gasteiger partial charge in [-0.15, -0.1) is 0 Å². The maximum atomic E-state index is 12.9. The third kappa shape index (κ3) is 11.9. The highest BCUT2D eigenvalue weighted by Crippen LogP contribution is 2.29. The molecule has 1 N–H and O–H groups in total. The van der Waals surface area contributed by atoms with Crippen molar-refractivity contribution >= 4 is 23.7 Å². The Kier molecular flexibility index (Phi) is 13.3. The standard InChI is InChI=1S/C29H42O8/c1-4-24(35-3)18-27(31)37-26(17-22-8-6-5-7-9-22)19-28(32)36-25(16-20(2)30)15-12-21-10-13-23(14-11-21)29(33)34/h10-11,13-14,22,24-26H,4-9,12,15-19H2,1-3H3,(H,33,34). The van der Waals surface area contributed by atoms with Crippen molar-refractivity contribution < 1.29 is 38.5 Å². The number of carbonyl (C=O) groups is 4. The third-order valence-corrected chi connectivity index (χ3v) is 6.97. The molecule has 1 saturated carbocycles. The van der Waals surface area contributed by atoms with Crippen LogP contribution >= 0.6 is 0 Å². The minimum Gasteiger partial charge on any atom is -0.478 e. The van der Waals surface area contributed by atoms with Gasteiger partial charge in [-0.05, 0) is 56.2 Å². The smallest absolute Gasteiger partial charge is 0.335 e. The Morgan fingerprint density at radius 1 is 0.892 bits per heavy atom. The van der Waals surface area contributed by atoms with E-state index in [-0.39, 0.29) is 42.7 Å². The van der Waals surface area contributed by atoms with Gasteiger partial charge in [0.25, 0.3) is 0 Å². The first-order valence-corrected chi connectivity index (χ1v) is 13.4. The topological polar surface area (TPSA) is 116 Å². The zero-order valence-corrected chi connectivity index (χ0v) is 22.4. The number of carbonyl (C=O) groups excluding carboxylic acids is 3. The second kappa shape index (κ2) is 16.2. The minimum absolute atomic E-state index is 0.0479. The van der Waals surface area contributed by atoms with Crippen molar-refractivity contribution in [1.29, 1.82) is 0 Å². The van der Waals surface area contributed by atoms with Gasteiger partial charge in [0, 0.05) is 13.5 Å². The molecule has 1 aromatic carbocycles. The molecule has 8 nitrogen and oxygen atoms in total. The molecule has 206 valence electrons. The highest BCUT2D eigenvalue weighted by atomic mass is 16.6. The van der Waals surface area contributed by atoms with E-state index in [2.05, 4.69) is 0 Å². The number of ether oxygens (including phenoxy) is 3. The number of hydrogen-bond donors (Lipinski definition) is 1. The number of aryl methyl sites for hydroxylation is 1. The molecule has 3 atom stereocenters. The van der Waals surface area contributed by atoms with E-state index >= 15 is 0 Å². The van der Waals surface area contributed by atoms with Crippen LogP contribution in [0.15, 0.2) is 24.3 Å². The number of Topliss-reactive ketones (excluding diaryl/α,β-unsaturated/α-hetero) is 1. The van der Waals surface area contributed by atoms with Crippen molar-refractivity contribution in [3.05, 3.63) is 35.4 Å². The molecule has 2 rings (SSSR count). The summed E-state index contributed by atoms with van der Waals surface area (Å²) >= 11 is 0. The molecular weight excluding hydrogens is 476 g/mol. The average Bonchev–Trinajstić information content (AvgIpc) is 2.86. The van der Waals surface area contributed by atoms with Gasteiger partial charge in [0.05, 0.1) is 24.5 Å². The van der Waals surface area contributed by atoms with Gasteiger partial charge in [-0.2, -0.15) is 0 Å². The second-order valence-corrected chi connectivity index (χ2v) is 10.1. The lowest BCUT2D eigenvalue weighted by Gasteiger charge is -2.27. The van der Waals surface area contributed by atoms with E-state index in [0.717, 1.165) is 31.2 Å². The summed E-state index contributed by atoms with van der Waals surface area (Å²) in [6, 6.07) is 6.50. The SMILES string of the molecule is CCC(CC(=O)OC(CC(=O)OC(CCc1ccc(C(=O)O)cc1)CC(C)=O)CC1CCCCC1)OC. The minimum atomic E-state index is -0.995. The van der Waals surface area contributed by atoms with Crippen molar-refractivity contribution in [2.24, 2.45) is 5.92 Å². The number of aromatic carboxylic acids is 1. The fraction of sp³-hybridized carbons (Fsp3) is 0.655. The van der Waals surface area contributed by atoms with Crippen LogP contribution in [0.3, 0.4) is 0 Å². The van der Waals surface area contributed by atoms with Crippen LogP contribution in [-0.2, 0) is 35.0 Å². The molecule has 0 spiro atoms. The summed E-state index contributed by atoms with van der Waals surface area (Å²) in [6.07, 6.45) is 6.67. The summed E-state index contributed by atoms with van der Waals surface area (Å²) in [5.41, 5.74) is 1.09. The van der Waals surface area contributed by atoms with Crippen LogP contribution in [0, 0.1) is 5.92 Å². The normalized spacial score (nSPS) is 16.4. The average molecular weight is 519 g/mol. The summed E-state index contributed by atoms with van der Waals surface area (Å²) in [5, 5.41) is 9.06. The van der Waals surface area contributed by atoms with Crippen molar-refractivity contribution in [2.75, 3.05) is 7.11 Å². The molecule has 0 saturated heterocycles. The Bertz CT molecular complexity index is 868. The molecule has 0 amide bonds. The number of esters is 2. The highest BCUT2D eigenvalue weighted by Gasteiger charge is 2.27. The number of carboxylic acids is 1. The number of hydrogen-bond acceptors (Lipinski definition) is 7. The molecular formula is C29H42O8. The highest BCUT2D eigenvalue weighted by molar-refractivity contribution is 5.87. The van der Waals surface area contributed by atoms with Crippen LogP contribution in [0.4, 0.5) is 0 Å². The Balaban J connectivity index is 1.99. The lowest BCUT2D eigenvalue weighted by molar-refractivity contribution is -0.160. The van der Waals surface area contributed by atoms with E-state index in [1.807, 2.05) is 6.92 Å². The van der Waals surface area contributed by atoms with Crippen LogP contribution in [0.1, 0.15) is 100 Å². The monoisotopic (exact) mass is 518 g/mol.